The summed E-state index contributed by atoms with van der Waals surface area (Å²) in [5, 5.41) is 12.1. The Morgan fingerprint density at radius 3 is 2.65 bits per heavy atom. The molecule has 17 heavy (non-hydrogen) atoms. The van der Waals surface area contributed by atoms with Crippen LogP contribution in [0.4, 0.5) is 0 Å². The van der Waals surface area contributed by atoms with Crippen molar-refractivity contribution in [1.82, 2.24) is 5.32 Å². The third-order valence-corrected chi connectivity index (χ3v) is 2.86. The van der Waals surface area contributed by atoms with E-state index < -0.39 is 0 Å². The molecule has 1 N–H and O–H groups in total. The third-order valence-electron chi connectivity index (χ3n) is 2.86. The van der Waals surface area contributed by atoms with Gasteiger partial charge in [-0.1, -0.05) is 35.9 Å². The van der Waals surface area contributed by atoms with Crippen LogP contribution >= 0.6 is 0 Å². The lowest BCUT2D eigenvalue weighted by Gasteiger charge is -2.10. The van der Waals surface area contributed by atoms with E-state index in [0.717, 1.165) is 25.9 Å². The Balaban J connectivity index is 1.80. The quantitative estimate of drug-likeness (QED) is 0.853. The predicted octanol–water partition coefficient (Wildman–Crippen LogP) is 2.92. The minimum absolute atomic E-state index is 0.717. The molecule has 0 spiro atoms. The molecule has 0 saturated heterocycles. The van der Waals surface area contributed by atoms with Crippen LogP contribution in [-0.2, 0) is 6.54 Å². The van der Waals surface area contributed by atoms with E-state index in [1.165, 1.54) is 11.1 Å². The van der Waals surface area contributed by atoms with Gasteiger partial charge in [0.05, 0.1) is 11.6 Å². The smallest absolute Gasteiger partial charge is 0.0991 e. The fourth-order valence-corrected chi connectivity index (χ4v) is 1.86. The van der Waals surface area contributed by atoms with Crippen molar-refractivity contribution in [2.45, 2.75) is 19.4 Å². The molecule has 0 aromatic heterocycles. The highest BCUT2D eigenvalue weighted by Crippen LogP contribution is 2.10. The van der Waals surface area contributed by atoms with Crippen LogP contribution in [0.1, 0.15) is 24.0 Å². The average Bonchev–Trinajstić information content (AvgIpc) is 2.41. The molecule has 1 aromatic carbocycles. The van der Waals surface area contributed by atoms with E-state index in [4.69, 9.17) is 5.26 Å². The van der Waals surface area contributed by atoms with Crippen LogP contribution in [0.5, 0.6) is 0 Å². The molecule has 0 bridgehead atoms. The van der Waals surface area contributed by atoms with Crippen molar-refractivity contribution in [1.29, 1.82) is 5.26 Å². The third kappa shape index (κ3) is 3.58. The fourth-order valence-electron chi connectivity index (χ4n) is 1.86. The summed E-state index contributed by atoms with van der Waals surface area (Å²) in [5.74, 6) is 0. The van der Waals surface area contributed by atoms with Crippen LogP contribution in [0.15, 0.2) is 48.1 Å². The number of benzene rings is 1. The molecular weight excluding hydrogens is 208 g/mol. The molecule has 86 valence electrons. The zero-order valence-corrected chi connectivity index (χ0v) is 9.82. The number of hydrogen-bond acceptors (Lipinski definition) is 2. The zero-order valence-electron chi connectivity index (χ0n) is 9.82. The first kappa shape index (κ1) is 11.6. The molecule has 0 aliphatic heterocycles. The zero-order chi connectivity index (χ0) is 11.9. The van der Waals surface area contributed by atoms with Gasteiger partial charge < -0.3 is 5.32 Å². The monoisotopic (exact) mass is 224 g/mol. The van der Waals surface area contributed by atoms with Gasteiger partial charge in [-0.05, 0) is 30.5 Å². The highest BCUT2D eigenvalue weighted by molar-refractivity contribution is 5.31. The van der Waals surface area contributed by atoms with E-state index in [9.17, 15) is 0 Å². The summed E-state index contributed by atoms with van der Waals surface area (Å²) in [6.45, 7) is 1.80. The molecule has 0 atom stereocenters. The maximum absolute atomic E-state index is 8.70. The molecule has 0 fully saturated rings. The first-order valence-corrected chi connectivity index (χ1v) is 5.93. The summed E-state index contributed by atoms with van der Waals surface area (Å²) in [6, 6.07) is 9.85. The predicted molar refractivity (Wildman–Crippen MR) is 69.3 cm³/mol. The van der Waals surface area contributed by atoms with Gasteiger partial charge in [-0.3, -0.25) is 0 Å². The lowest BCUT2D eigenvalue weighted by Crippen LogP contribution is -2.17. The molecule has 2 heteroatoms. The molecule has 2 nitrogen and oxygen atoms in total. The van der Waals surface area contributed by atoms with Crippen LogP contribution in [0.2, 0.25) is 0 Å². The molecule has 1 aliphatic carbocycles. The summed E-state index contributed by atoms with van der Waals surface area (Å²) in [4.78, 5) is 0. The molecule has 0 saturated carbocycles. The molecule has 1 aliphatic rings. The van der Waals surface area contributed by atoms with E-state index >= 15 is 0 Å². The minimum atomic E-state index is 0.717. The maximum atomic E-state index is 8.70. The highest BCUT2D eigenvalue weighted by Gasteiger charge is 1.99. The van der Waals surface area contributed by atoms with Crippen molar-refractivity contribution in [2.75, 3.05) is 6.54 Å². The van der Waals surface area contributed by atoms with Gasteiger partial charge >= 0.3 is 0 Å². The van der Waals surface area contributed by atoms with Gasteiger partial charge in [0.2, 0.25) is 0 Å². The molecule has 0 amide bonds. The standard InChI is InChI=1S/C15H16N2/c16-10-13-6-8-15(9-7-13)12-17-11-14-4-2-1-3-5-14/h1-2,4,6-9,17H,3,5,11-12H2. The van der Waals surface area contributed by atoms with Crippen molar-refractivity contribution in [3.63, 3.8) is 0 Å². The summed E-state index contributed by atoms with van der Waals surface area (Å²) < 4.78 is 0. The number of nitrogens with zero attached hydrogens (tertiary/aromatic N) is 1. The van der Waals surface area contributed by atoms with E-state index in [1.807, 2.05) is 24.3 Å². The Hall–Kier alpha value is -1.85. The lowest BCUT2D eigenvalue weighted by atomic mass is 10.1. The molecule has 0 unspecified atom stereocenters. The van der Waals surface area contributed by atoms with E-state index in [-0.39, 0.29) is 0 Å². The largest absolute Gasteiger partial charge is 0.309 e. The van der Waals surface area contributed by atoms with Crippen molar-refractivity contribution in [3.05, 3.63) is 59.2 Å². The van der Waals surface area contributed by atoms with E-state index in [0.29, 0.717) is 5.56 Å². The Morgan fingerprint density at radius 1 is 1.18 bits per heavy atom. The fraction of sp³-hybridized carbons (Fsp3) is 0.267. The highest BCUT2D eigenvalue weighted by atomic mass is 14.8. The van der Waals surface area contributed by atoms with Crippen LogP contribution in [0.3, 0.4) is 0 Å². The summed E-state index contributed by atoms with van der Waals surface area (Å²) in [7, 11) is 0. The van der Waals surface area contributed by atoms with Crippen molar-refractivity contribution >= 4 is 0 Å². The lowest BCUT2D eigenvalue weighted by molar-refractivity contribution is 0.715. The van der Waals surface area contributed by atoms with Gasteiger partial charge in [-0.25, -0.2) is 0 Å². The van der Waals surface area contributed by atoms with Gasteiger partial charge in [0.25, 0.3) is 0 Å². The topological polar surface area (TPSA) is 35.8 Å². The maximum Gasteiger partial charge on any atom is 0.0991 e. The first-order chi connectivity index (χ1) is 8.38. The Labute approximate surface area is 102 Å². The normalized spacial score (nSPS) is 14.2. The average molecular weight is 224 g/mol. The number of hydrogen-bond donors (Lipinski definition) is 1. The van der Waals surface area contributed by atoms with Gasteiger partial charge in [0.1, 0.15) is 0 Å². The summed E-state index contributed by atoms with van der Waals surface area (Å²) in [5.41, 5.74) is 3.39. The van der Waals surface area contributed by atoms with Crippen LogP contribution in [0, 0.1) is 11.3 Å². The molecule has 2 rings (SSSR count). The second-order valence-corrected chi connectivity index (χ2v) is 4.20. The Kier molecular flexibility index (Phi) is 4.12. The van der Waals surface area contributed by atoms with Gasteiger partial charge in [-0.2, -0.15) is 5.26 Å². The van der Waals surface area contributed by atoms with Crippen molar-refractivity contribution in [3.8, 4) is 6.07 Å². The summed E-state index contributed by atoms with van der Waals surface area (Å²) >= 11 is 0. The van der Waals surface area contributed by atoms with Gasteiger partial charge in [0, 0.05) is 13.1 Å². The second-order valence-electron chi connectivity index (χ2n) is 4.20. The number of allylic oxidation sites excluding steroid dienone is 3. The number of nitriles is 1. The number of rotatable bonds is 4. The number of nitrogens with one attached hydrogen (secondary N) is 1. The van der Waals surface area contributed by atoms with Gasteiger partial charge in [-0.15, -0.1) is 0 Å². The van der Waals surface area contributed by atoms with Crippen molar-refractivity contribution in [2.24, 2.45) is 0 Å². The SMILES string of the molecule is N#Cc1ccc(CNCC2=CC=CCC2)cc1. The van der Waals surface area contributed by atoms with Gasteiger partial charge in [0.15, 0.2) is 0 Å². The van der Waals surface area contributed by atoms with Crippen LogP contribution in [0.25, 0.3) is 0 Å². The van der Waals surface area contributed by atoms with Crippen LogP contribution < -0.4 is 5.32 Å². The second kappa shape index (κ2) is 6.03. The van der Waals surface area contributed by atoms with E-state index in [2.05, 4.69) is 29.6 Å². The molecule has 0 heterocycles. The van der Waals surface area contributed by atoms with Crippen LogP contribution in [-0.4, -0.2) is 6.54 Å². The minimum Gasteiger partial charge on any atom is -0.309 e. The first-order valence-electron chi connectivity index (χ1n) is 5.93. The Morgan fingerprint density at radius 2 is 2.00 bits per heavy atom. The van der Waals surface area contributed by atoms with Crippen molar-refractivity contribution < 1.29 is 0 Å². The van der Waals surface area contributed by atoms with E-state index in [1.54, 1.807) is 0 Å². The molecule has 1 aromatic rings. The molecular formula is C15H16N2. The molecule has 0 radical (unpaired) electrons. The Bertz CT molecular complexity index is 461. The summed E-state index contributed by atoms with van der Waals surface area (Å²) in [6.07, 6.45) is 8.84.